The molecule has 1 aromatic rings. The standard InChI is InChI=1S/C13H12N2O3S/c1-8-3-5-9(6-4-8)14-13-15-12(17)10(19-13)7-11(16)18-2/h3-7H,1-2H3,(H,14,15,17)/b10-7-. The number of thioether (sulfide) groups is 1. The molecule has 0 spiro atoms. The number of methoxy groups -OCH3 is 1. The van der Waals surface area contributed by atoms with Crippen molar-refractivity contribution in [3.63, 3.8) is 0 Å². The fourth-order valence-electron chi connectivity index (χ4n) is 1.38. The minimum Gasteiger partial charge on any atom is -0.466 e. The first-order valence-electron chi connectivity index (χ1n) is 5.52. The third kappa shape index (κ3) is 3.45. The van der Waals surface area contributed by atoms with Crippen molar-refractivity contribution in [1.29, 1.82) is 0 Å². The largest absolute Gasteiger partial charge is 0.466 e. The Morgan fingerprint density at radius 3 is 2.68 bits per heavy atom. The van der Waals surface area contributed by atoms with Gasteiger partial charge in [0.05, 0.1) is 17.7 Å². The van der Waals surface area contributed by atoms with Crippen molar-refractivity contribution in [2.24, 2.45) is 4.99 Å². The summed E-state index contributed by atoms with van der Waals surface area (Å²) in [6.07, 6.45) is 1.15. The van der Waals surface area contributed by atoms with Gasteiger partial charge in [0.15, 0.2) is 5.17 Å². The van der Waals surface area contributed by atoms with Crippen molar-refractivity contribution >= 4 is 34.5 Å². The minimum atomic E-state index is -0.561. The predicted octanol–water partition coefficient (Wildman–Crippen LogP) is 1.90. The van der Waals surface area contributed by atoms with Crippen LogP contribution in [-0.2, 0) is 14.3 Å². The first kappa shape index (κ1) is 13.4. The van der Waals surface area contributed by atoms with Crippen LogP contribution in [0, 0.1) is 6.92 Å². The normalized spacial score (nSPS) is 18.7. The molecule has 1 saturated heterocycles. The molecule has 6 heteroatoms. The van der Waals surface area contributed by atoms with Gasteiger partial charge >= 0.3 is 5.97 Å². The summed E-state index contributed by atoms with van der Waals surface area (Å²) in [7, 11) is 1.26. The lowest BCUT2D eigenvalue weighted by molar-refractivity contribution is -0.135. The van der Waals surface area contributed by atoms with E-state index >= 15 is 0 Å². The van der Waals surface area contributed by atoms with Gasteiger partial charge in [0, 0.05) is 6.08 Å². The number of rotatable bonds is 2. The van der Waals surface area contributed by atoms with Crippen LogP contribution >= 0.6 is 11.8 Å². The summed E-state index contributed by atoms with van der Waals surface area (Å²) in [5.74, 6) is -0.907. The maximum Gasteiger partial charge on any atom is 0.331 e. The summed E-state index contributed by atoms with van der Waals surface area (Å²) >= 11 is 1.11. The second kappa shape index (κ2) is 5.71. The SMILES string of the molecule is COC(=O)/C=C1\SC(=Nc2ccc(C)cc2)NC1=O. The van der Waals surface area contributed by atoms with Crippen molar-refractivity contribution in [2.45, 2.75) is 6.92 Å². The Labute approximate surface area is 114 Å². The van der Waals surface area contributed by atoms with Crippen LogP contribution in [0.2, 0.25) is 0 Å². The quantitative estimate of drug-likeness (QED) is 0.661. The molecule has 0 atom stereocenters. The zero-order valence-electron chi connectivity index (χ0n) is 10.5. The van der Waals surface area contributed by atoms with E-state index in [1.54, 1.807) is 0 Å². The molecule has 1 aromatic carbocycles. The highest BCUT2D eigenvalue weighted by molar-refractivity contribution is 8.18. The van der Waals surface area contributed by atoms with E-state index in [1.165, 1.54) is 7.11 Å². The molecule has 98 valence electrons. The number of aliphatic imine (C=N–C) groups is 1. The Kier molecular flexibility index (Phi) is 4.01. The molecule has 2 rings (SSSR count). The minimum absolute atomic E-state index is 0.276. The second-order valence-electron chi connectivity index (χ2n) is 3.84. The molecule has 1 heterocycles. The van der Waals surface area contributed by atoms with Gasteiger partial charge in [0.1, 0.15) is 0 Å². The number of hydrogen-bond donors (Lipinski definition) is 1. The van der Waals surface area contributed by atoms with Crippen LogP contribution in [-0.4, -0.2) is 24.2 Å². The van der Waals surface area contributed by atoms with E-state index in [4.69, 9.17) is 0 Å². The van der Waals surface area contributed by atoms with E-state index in [0.717, 1.165) is 29.1 Å². The fraction of sp³-hybridized carbons (Fsp3) is 0.154. The number of esters is 1. The van der Waals surface area contributed by atoms with Gasteiger partial charge in [0.2, 0.25) is 0 Å². The number of aryl methyl sites for hydroxylation is 1. The Hall–Kier alpha value is -2.08. The molecule has 0 aromatic heterocycles. The van der Waals surface area contributed by atoms with Crippen LogP contribution in [0.15, 0.2) is 40.2 Å². The van der Waals surface area contributed by atoms with Crippen LogP contribution < -0.4 is 5.32 Å². The van der Waals surface area contributed by atoms with Crippen LogP contribution in [0.3, 0.4) is 0 Å². The Bertz CT molecular complexity index is 576. The summed E-state index contributed by atoms with van der Waals surface area (Å²) in [5, 5.41) is 3.04. The molecule has 0 aliphatic carbocycles. The highest BCUT2D eigenvalue weighted by Gasteiger charge is 2.24. The van der Waals surface area contributed by atoms with Gasteiger partial charge in [-0.2, -0.15) is 0 Å². The molecule has 0 saturated carbocycles. The average molecular weight is 276 g/mol. The smallest absolute Gasteiger partial charge is 0.331 e. The molecule has 0 unspecified atom stereocenters. The molecule has 0 radical (unpaired) electrons. The molecule has 1 N–H and O–H groups in total. The molecule has 1 fully saturated rings. The van der Waals surface area contributed by atoms with Crippen LogP contribution in [0.5, 0.6) is 0 Å². The average Bonchev–Trinajstić information content (AvgIpc) is 2.72. The number of nitrogens with one attached hydrogen (secondary N) is 1. The zero-order valence-corrected chi connectivity index (χ0v) is 11.3. The van der Waals surface area contributed by atoms with Crippen LogP contribution in [0.25, 0.3) is 0 Å². The van der Waals surface area contributed by atoms with Gasteiger partial charge in [-0.05, 0) is 30.8 Å². The Morgan fingerprint density at radius 2 is 2.05 bits per heavy atom. The predicted molar refractivity (Wildman–Crippen MR) is 74.1 cm³/mol. The monoisotopic (exact) mass is 276 g/mol. The summed E-state index contributed by atoms with van der Waals surface area (Å²) in [4.78, 5) is 27.2. The topological polar surface area (TPSA) is 67.8 Å². The van der Waals surface area contributed by atoms with Crippen molar-refractivity contribution < 1.29 is 14.3 Å². The number of carbonyl (C=O) groups is 2. The number of hydrogen-bond acceptors (Lipinski definition) is 5. The number of benzene rings is 1. The van der Waals surface area contributed by atoms with Gasteiger partial charge in [-0.3, -0.25) is 4.79 Å². The molecule has 19 heavy (non-hydrogen) atoms. The van der Waals surface area contributed by atoms with E-state index in [-0.39, 0.29) is 10.8 Å². The van der Waals surface area contributed by atoms with Crippen LogP contribution in [0.1, 0.15) is 5.56 Å². The van der Waals surface area contributed by atoms with Crippen molar-refractivity contribution in [2.75, 3.05) is 7.11 Å². The molecule has 1 aliphatic rings. The number of carbonyl (C=O) groups excluding carboxylic acids is 2. The second-order valence-corrected chi connectivity index (χ2v) is 4.87. The molecule has 1 aliphatic heterocycles. The van der Waals surface area contributed by atoms with Gasteiger partial charge in [-0.25, -0.2) is 9.79 Å². The molecular formula is C13H12N2O3S. The first-order chi connectivity index (χ1) is 9.08. The lowest BCUT2D eigenvalue weighted by atomic mass is 10.2. The number of amides is 1. The third-order valence-corrected chi connectivity index (χ3v) is 3.28. The summed E-state index contributed by atoms with van der Waals surface area (Å²) in [6.45, 7) is 1.99. The lowest BCUT2D eigenvalue weighted by Gasteiger charge is -1.96. The highest BCUT2D eigenvalue weighted by Crippen LogP contribution is 2.26. The van der Waals surface area contributed by atoms with Gasteiger partial charge < -0.3 is 10.1 Å². The van der Waals surface area contributed by atoms with Gasteiger partial charge in [0.25, 0.3) is 5.91 Å². The number of nitrogens with zero attached hydrogens (tertiary/aromatic N) is 1. The van der Waals surface area contributed by atoms with E-state index < -0.39 is 5.97 Å². The van der Waals surface area contributed by atoms with Gasteiger partial charge in [-0.1, -0.05) is 17.7 Å². The van der Waals surface area contributed by atoms with Crippen molar-refractivity contribution in [1.82, 2.24) is 5.32 Å². The maximum absolute atomic E-state index is 11.6. The molecular weight excluding hydrogens is 264 g/mol. The Morgan fingerprint density at radius 1 is 1.37 bits per heavy atom. The third-order valence-electron chi connectivity index (χ3n) is 2.37. The van der Waals surface area contributed by atoms with Crippen molar-refractivity contribution in [3.05, 3.63) is 40.8 Å². The molecule has 5 nitrogen and oxygen atoms in total. The number of amidine groups is 1. The fourth-order valence-corrected chi connectivity index (χ4v) is 2.19. The van der Waals surface area contributed by atoms with E-state index in [2.05, 4.69) is 15.0 Å². The summed E-state index contributed by atoms with van der Waals surface area (Å²) in [5.41, 5.74) is 1.88. The Balaban J connectivity index is 2.16. The van der Waals surface area contributed by atoms with E-state index in [1.807, 2.05) is 31.2 Å². The first-order valence-corrected chi connectivity index (χ1v) is 6.34. The molecule has 0 bridgehead atoms. The van der Waals surface area contributed by atoms with Crippen LogP contribution in [0.4, 0.5) is 5.69 Å². The highest BCUT2D eigenvalue weighted by atomic mass is 32.2. The number of ether oxygens (including phenoxy) is 1. The van der Waals surface area contributed by atoms with E-state index in [9.17, 15) is 9.59 Å². The summed E-state index contributed by atoms with van der Waals surface area (Å²) < 4.78 is 4.48. The van der Waals surface area contributed by atoms with E-state index in [0.29, 0.717) is 5.17 Å². The maximum atomic E-state index is 11.6. The van der Waals surface area contributed by atoms with Gasteiger partial charge in [-0.15, -0.1) is 0 Å². The molecule has 1 amide bonds. The summed E-state index contributed by atoms with van der Waals surface area (Å²) in [6, 6.07) is 7.59. The lowest BCUT2D eigenvalue weighted by Crippen LogP contribution is -2.19. The van der Waals surface area contributed by atoms with Crippen molar-refractivity contribution in [3.8, 4) is 0 Å². The zero-order chi connectivity index (χ0) is 13.8.